The van der Waals surface area contributed by atoms with Crippen LogP contribution in [0.3, 0.4) is 0 Å². The van der Waals surface area contributed by atoms with Gasteiger partial charge in [0.15, 0.2) is 17.5 Å². The third-order valence-electron chi connectivity index (χ3n) is 10.3. The fraction of sp³-hybridized carbons (Fsp3) is 0. The van der Waals surface area contributed by atoms with Gasteiger partial charge in [-0.05, 0) is 33.7 Å². The predicted molar refractivity (Wildman–Crippen MR) is 217 cm³/mol. The lowest BCUT2D eigenvalue weighted by atomic mass is 9.91. The molecule has 3 heterocycles. The second-order valence-electron chi connectivity index (χ2n) is 13.4. The zero-order valence-corrected chi connectivity index (χ0v) is 28.4. The molecule has 0 bridgehead atoms. The van der Waals surface area contributed by atoms with Crippen molar-refractivity contribution in [2.24, 2.45) is 0 Å². The van der Waals surface area contributed by atoms with Crippen molar-refractivity contribution in [1.82, 2.24) is 19.9 Å². The van der Waals surface area contributed by atoms with Gasteiger partial charge in [0.05, 0.1) is 11.2 Å². The van der Waals surface area contributed by atoms with Crippen LogP contribution < -0.4 is 0 Å². The minimum Gasteiger partial charge on any atom is -0.455 e. The topological polar surface area (TPSA) is 64.7 Å². The van der Waals surface area contributed by atoms with Gasteiger partial charge in [0.2, 0.25) is 0 Å². The molecule has 0 N–H and O–H groups in total. The molecule has 0 aliphatic heterocycles. The first-order valence-electron chi connectivity index (χ1n) is 17.7. The largest absolute Gasteiger partial charge is 0.455 e. The van der Waals surface area contributed by atoms with E-state index in [1.807, 2.05) is 66.7 Å². The molecule has 0 unspecified atom stereocenters. The fourth-order valence-electron chi connectivity index (χ4n) is 7.87. The summed E-state index contributed by atoms with van der Waals surface area (Å²) in [5.74, 6) is 1.82. The molecule has 0 radical (unpaired) electrons. The Labute approximate surface area is 303 Å². The summed E-state index contributed by atoms with van der Waals surface area (Å²) in [4.78, 5) is 20.4. The summed E-state index contributed by atoms with van der Waals surface area (Å²) in [6, 6.07) is 58.4. The van der Waals surface area contributed by atoms with Gasteiger partial charge in [0.1, 0.15) is 11.2 Å². The van der Waals surface area contributed by atoms with Gasteiger partial charge in [0, 0.05) is 49.2 Å². The van der Waals surface area contributed by atoms with Crippen LogP contribution in [0.25, 0.3) is 111 Å². The lowest BCUT2D eigenvalue weighted by Crippen LogP contribution is -2.00. The number of nitrogens with zero attached hydrogens (tertiary/aromatic N) is 4. The molecule has 5 nitrogen and oxygen atoms in total. The first-order chi connectivity index (χ1) is 26.3. The number of hydrogen-bond acceptors (Lipinski definition) is 5. The van der Waals surface area contributed by atoms with Gasteiger partial charge in [-0.2, -0.15) is 0 Å². The predicted octanol–water partition coefficient (Wildman–Crippen LogP) is 12.4. The Hall–Kier alpha value is -7.24. The van der Waals surface area contributed by atoms with E-state index < -0.39 is 0 Å². The van der Waals surface area contributed by atoms with E-state index in [4.69, 9.17) is 24.4 Å². The van der Waals surface area contributed by atoms with Crippen molar-refractivity contribution in [1.29, 1.82) is 0 Å². The maximum atomic E-state index is 6.96. The molecule has 11 rings (SSSR count). The van der Waals surface area contributed by atoms with Gasteiger partial charge in [-0.3, -0.25) is 0 Å². The van der Waals surface area contributed by atoms with Crippen molar-refractivity contribution in [2.45, 2.75) is 0 Å². The molecule has 0 aliphatic carbocycles. The highest BCUT2D eigenvalue weighted by Gasteiger charge is 2.23. The first kappa shape index (κ1) is 29.5. The third-order valence-corrected chi connectivity index (χ3v) is 10.3. The molecule has 8 aromatic carbocycles. The molecule has 246 valence electrons. The molecular weight excluding hydrogens is 649 g/mol. The van der Waals surface area contributed by atoms with E-state index in [1.54, 1.807) is 0 Å². The average Bonchev–Trinajstić information content (AvgIpc) is 3.64. The highest BCUT2D eigenvalue weighted by atomic mass is 16.3. The zero-order chi connectivity index (χ0) is 34.9. The zero-order valence-electron chi connectivity index (χ0n) is 28.4. The molecule has 0 spiro atoms. The van der Waals surface area contributed by atoms with Gasteiger partial charge < -0.3 is 4.42 Å². The summed E-state index contributed by atoms with van der Waals surface area (Å²) in [5.41, 5.74) is 7.21. The van der Waals surface area contributed by atoms with Crippen molar-refractivity contribution >= 4 is 65.2 Å². The highest BCUT2D eigenvalue weighted by Crippen LogP contribution is 2.47. The number of furan rings is 1. The quantitative estimate of drug-likeness (QED) is 0.174. The summed E-state index contributed by atoms with van der Waals surface area (Å²) in [6.07, 6.45) is 0. The standard InChI is InChI=1S/C48H28N4O/c1-4-15-30(16-5-1)44-41-35-22-12-13-23-36(35)42-40-34-21-11-10-14-29(34)25-27-39(40)53-45(42)43(41)37-26-24-33(28-38(37)49-44)48-51-46(31-17-6-2-7-18-31)50-47(52-48)32-19-8-3-9-20-32/h1-28H. The third kappa shape index (κ3) is 4.64. The molecular formula is C48H28N4O. The van der Waals surface area contributed by atoms with Crippen LogP contribution in [-0.4, -0.2) is 19.9 Å². The Balaban J connectivity index is 1.26. The lowest BCUT2D eigenvalue weighted by molar-refractivity contribution is 0.673. The van der Waals surface area contributed by atoms with E-state index >= 15 is 0 Å². The van der Waals surface area contributed by atoms with Crippen molar-refractivity contribution in [2.75, 3.05) is 0 Å². The van der Waals surface area contributed by atoms with E-state index in [9.17, 15) is 0 Å². The molecule has 3 aromatic heterocycles. The highest BCUT2D eigenvalue weighted by molar-refractivity contribution is 6.38. The number of benzene rings is 8. The number of hydrogen-bond donors (Lipinski definition) is 0. The average molecular weight is 677 g/mol. The normalized spacial score (nSPS) is 11.8. The van der Waals surface area contributed by atoms with Gasteiger partial charge in [-0.15, -0.1) is 0 Å². The van der Waals surface area contributed by atoms with Crippen LogP contribution in [0.4, 0.5) is 0 Å². The molecule has 0 saturated carbocycles. The van der Waals surface area contributed by atoms with Crippen LogP contribution in [0.2, 0.25) is 0 Å². The minimum absolute atomic E-state index is 0.585. The maximum Gasteiger partial charge on any atom is 0.164 e. The molecule has 0 atom stereocenters. The van der Waals surface area contributed by atoms with Crippen LogP contribution in [0.5, 0.6) is 0 Å². The Morgan fingerprint density at radius 1 is 0.340 bits per heavy atom. The maximum absolute atomic E-state index is 6.96. The molecule has 0 fully saturated rings. The smallest absolute Gasteiger partial charge is 0.164 e. The van der Waals surface area contributed by atoms with Crippen molar-refractivity contribution in [3.63, 3.8) is 0 Å². The molecule has 0 saturated heterocycles. The summed E-state index contributed by atoms with van der Waals surface area (Å²) in [5, 5.41) is 10.0. The van der Waals surface area contributed by atoms with E-state index in [1.165, 1.54) is 10.8 Å². The number of rotatable bonds is 4. The summed E-state index contributed by atoms with van der Waals surface area (Å²) in [7, 11) is 0. The molecule has 5 heteroatoms. The van der Waals surface area contributed by atoms with Crippen LogP contribution in [0.1, 0.15) is 0 Å². The molecule has 0 aliphatic rings. The van der Waals surface area contributed by atoms with Gasteiger partial charge in [0.25, 0.3) is 0 Å². The summed E-state index contributed by atoms with van der Waals surface area (Å²) in [6.45, 7) is 0. The Bertz CT molecular complexity index is 3150. The van der Waals surface area contributed by atoms with E-state index in [-0.39, 0.29) is 0 Å². The van der Waals surface area contributed by atoms with Gasteiger partial charge in [-0.1, -0.05) is 158 Å². The summed E-state index contributed by atoms with van der Waals surface area (Å²) < 4.78 is 6.96. The van der Waals surface area contributed by atoms with Crippen LogP contribution in [0, 0.1) is 0 Å². The molecule has 0 amide bonds. The van der Waals surface area contributed by atoms with Crippen LogP contribution >= 0.6 is 0 Å². The Kier molecular flexibility index (Phi) is 6.48. The fourth-order valence-corrected chi connectivity index (χ4v) is 7.87. The Morgan fingerprint density at radius 3 is 1.53 bits per heavy atom. The van der Waals surface area contributed by atoms with Crippen molar-refractivity contribution < 1.29 is 4.42 Å². The van der Waals surface area contributed by atoms with E-state index in [2.05, 4.69) is 103 Å². The van der Waals surface area contributed by atoms with Crippen molar-refractivity contribution in [3.05, 3.63) is 170 Å². The first-order valence-corrected chi connectivity index (χ1v) is 17.7. The Morgan fingerprint density at radius 2 is 0.868 bits per heavy atom. The molecule has 53 heavy (non-hydrogen) atoms. The van der Waals surface area contributed by atoms with Gasteiger partial charge >= 0.3 is 0 Å². The second-order valence-corrected chi connectivity index (χ2v) is 13.4. The van der Waals surface area contributed by atoms with Crippen molar-refractivity contribution in [3.8, 4) is 45.4 Å². The van der Waals surface area contributed by atoms with E-state index in [0.717, 1.165) is 82.3 Å². The minimum atomic E-state index is 0.585. The number of pyridine rings is 1. The van der Waals surface area contributed by atoms with E-state index in [0.29, 0.717) is 17.5 Å². The van der Waals surface area contributed by atoms with Gasteiger partial charge in [-0.25, -0.2) is 19.9 Å². The number of aromatic nitrogens is 4. The summed E-state index contributed by atoms with van der Waals surface area (Å²) >= 11 is 0. The molecule has 11 aromatic rings. The lowest BCUT2D eigenvalue weighted by Gasteiger charge is -2.15. The van der Waals surface area contributed by atoms with Crippen LogP contribution in [0.15, 0.2) is 174 Å². The second kappa shape index (κ2) is 11.7. The number of fused-ring (bicyclic) bond motifs is 12. The SMILES string of the molecule is c1ccc(-c2nc(-c3ccccc3)nc(-c3ccc4c(c3)nc(-c3ccccc3)c3c5ccccc5c5c(oc6ccc7ccccc7c65)c43)n2)cc1. The monoisotopic (exact) mass is 676 g/mol. The van der Waals surface area contributed by atoms with Crippen LogP contribution in [-0.2, 0) is 0 Å².